The van der Waals surface area contributed by atoms with Crippen LogP contribution in [-0.2, 0) is 14.9 Å². The summed E-state index contributed by atoms with van der Waals surface area (Å²) in [5, 5.41) is 19.5. The number of ether oxygens (including phenoxy) is 1. The van der Waals surface area contributed by atoms with Crippen LogP contribution >= 0.6 is 0 Å². The number of likely N-dealkylation sites (N-methyl/N-ethyl adjacent to an activating group) is 1. The molecule has 0 aromatic heterocycles. The molecule has 0 heterocycles. The standard InChI is InChI=1S/C19H41NO6S.Na.H/c1-3-4-5-6-7-8-9-10-11-12-13-26-16-18(21)14-20(2)15-19(22)17-27(23,24)25;;/h18-19,21-22H,3-17H2,1-2H3,(H,23,24,25);;. The monoisotopic (exact) mass is 435 g/mol. The van der Waals surface area contributed by atoms with E-state index in [2.05, 4.69) is 6.92 Å². The maximum atomic E-state index is 10.7. The number of unbranched alkanes of at least 4 members (excludes halogenated alkanes) is 9. The van der Waals surface area contributed by atoms with Crippen LogP contribution in [0.2, 0.25) is 0 Å². The van der Waals surface area contributed by atoms with E-state index in [4.69, 9.17) is 9.29 Å². The second-order valence-corrected chi connectivity index (χ2v) is 9.03. The molecule has 0 aliphatic heterocycles. The quantitative estimate of drug-likeness (QED) is 0.161. The first-order valence-electron chi connectivity index (χ1n) is 10.3. The van der Waals surface area contributed by atoms with Crippen molar-refractivity contribution in [2.45, 2.75) is 83.3 Å². The predicted molar refractivity (Wildman–Crippen MR) is 116 cm³/mol. The molecule has 0 aliphatic rings. The maximum absolute atomic E-state index is 10.7. The van der Waals surface area contributed by atoms with E-state index < -0.39 is 28.1 Å². The van der Waals surface area contributed by atoms with E-state index in [0.717, 1.165) is 12.8 Å². The van der Waals surface area contributed by atoms with Crippen LogP contribution in [0.15, 0.2) is 0 Å². The van der Waals surface area contributed by atoms with E-state index in [1.165, 1.54) is 51.4 Å². The van der Waals surface area contributed by atoms with Gasteiger partial charge in [-0.1, -0.05) is 64.7 Å². The molecule has 2 unspecified atom stereocenters. The molecule has 0 aliphatic carbocycles. The fourth-order valence-electron chi connectivity index (χ4n) is 3.05. The van der Waals surface area contributed by atoms with Crippen LogP contribution in [0.5, 0.6) is 0 Å². The van der Waals surface area contributed by atoms with Gasteiger partial charge in [0, 0.05) is 19.7 Å². The molecule has 2 atom stereocenters. The molecule has 28 heavy (non-hydrogen) atoms. The van der Waals surface area contributed by atoms with Crippen LogP contribution in [0.1, 0.15) is 71.1 Å². The first-order valence-corrected chi connectivity index (χ1v) is 11.9. The molecule has 0 rings (SSSR count). The molecule has 0 radical (unpaired) electrons. The molecule has 9 heteroatoms. The summed E-state index contributed by atoms with van der Waals surface area (Å²) in [6, 6.07) is 0. The Bertz CT molecular complexity index is 438. The second kappa shape index (κ2) is 19.7. The van der Waals surface area contributed by atoms with Gasteiger partial charge in [-0.05, 0) is 13.5 Å². The molecule has 0 saturated carbocycles. The van der Waals surface area contributed by atoms with Gasteiger partial charge in [-0.2, -0.15) is 8.42 Å². The zero-order valence-corrected chi connectivity index (χ0v) is 18.0. The number of aliphatic hydroxyl groups is 2. The third kappa shape index (κ3) is 23.0. The molecule has 0 aromatic rings. The van der Waals surface area contributed by atoms with Gasteiger partial charge in [-0.15, -0.1) is 0 Å². The van der Waals surface area contributed by atoms with Gasteiger partial charge in [0.25, 0.3) is 10.1 Å². The zero-order valence-electron chi connectivity index (χ0n) is 17.2. The van der Waals surface area contributed by atoms with E-state index in [0.29, 0.717) is 6.61 Å². The average molecular weight is 436 g/mol. The molecule has 166 valence electrons. The Balaban J connectivity index is 0. The molecule has 0 bridgehead atoms. The van der Waals surface area contributed by atoms with Crippen LogP contribution in [0.3, 0.4) is 0 Å². The molecule has 7 nitrogen and oxygen atoms in total. The van der Waals surface area contributed by atoms with Crippen LogP contribution in [0.4, 0.5) is 0 Å². The van der Waals surface area contributed by atoms with Gasteiger partial charge >= 0.3 is 29.6 Å². The van der Waals surface area contributed by atoms with Gasteiger partial charge in [0.15, 0.2) is 0 Å². The zero-order chi connectivity index (χ0) is 20.5. The van der Waals surface area contributed by atoms with E-state index >= 15 is 0 Å². The summed E-state index contributed by atoms with van der Waals surface area (Å²) >= 11 is 0. The summed E-state index contributed by atoms with van der Waals surface area (Å²) in [6.45, 7) is 3.40. The van der Waals surface area contributed by atoms with Crippen molar-refractivity contribution < 1.29 is 27.9 Å². The number of hydrogen-bond donors (Lipinski definition) is 3. The van der Waals surface area contributed by atoms with Crippen molar-refractivity contribution in [3.05, 3.63) is 0 Å². The number of aliphatic hydroxyl groups excluding tert-OH is 2. The van der Waals surface area contributed by atoms with E-state index in [1.54, 1.807) is 11.9 Å². The second-order valence-electron chi connectivity index (χ2n) is 7.53. The fraction of sp³-hybridized carbons (Fsp3) is 1.00. The summed E-state index contributed by atoms with van der Waals surface area (Å²) in [4.78, 5) is 1.62. The van der Waals surface area contributed by atoms with Gasteiger partial charge in [0.05, 0.1) is 18.8 Å². The SMILES string of the molecule is CCCCCCCCCCCCOCC(O)CN(C)CC(O)CS(=O)(=O)O.[NaH]. The molecule has 0 spiro atoms. The Morgan fingerprint density at radius 1 is 0.857 bits per heavy atom. The van der Waals surface area contributed by atoms with Crippen LogP contribution < -0.4 is 0 Å². The molecular formula is C19H42NNaO6S. The Hall–Kier alpha value is 0.750. The Morgan fingerprint density at radius 2 is 1.32 bits per heavy atom. The average Bonchev–Trinajstić information content (AvgIpc) is 2.53. The molecular weight excluding hydrogens is 393 g/mol. The topological polar surface area (TPSA) is 107 Å². The Kier molecular flexibility index (Phi) is 21.8. The summed E-state index contributed by atoms with van der Waals surface area (Å²) in [5.74, 6) is -0.706. The van der Waals surface area contributed by atoms with Crippen molar-refractivity contribution in [1.29, 1.82) is 0 Å². The minimum absolute atomic E-state index is 0. The van der Waals surface area contributed by atoms with E-state index in [1.807, 2.05) is 0 Å². The summed E-state index contributed by atoms with van der Waals surface area (Å²) in [5.41, 5.74) is 0. The van der Waals surface area contributed by atoms with Crippen molar-refractivity contribution in [2.24, 2.45) is 0 Å². The van der Waals surface area contributed by atoms with Gasteiger partial charge in [-0.3, -0.25) is 4.55 Å². The van der Waals surface area contributed by atoms with Crippen molar-refractivity contribution >= 4 is 39.7 Å². The Labute approximate surface area is 194 Å². The number of hydrogen-bond acceptors (Lipinski definition) is 6. The van der Waals surface area contributed by atoms with Crippen LogP contribution in [-0.4, -0.2) is 109 Å². The van der Waals surface area contributed by atoms with Gasteiger partial charge in [0.2, 0.25) is 0 Å². The van der Waals surface area contributed by atoms with E-state index in [9.17, 15) is 18.6 Å². The van der Waals surface area contributed by atoms with Crippen molar-refractivity contribution in [3.63, 3.8) is 0 Å². The summed E-state index contributed by atoms with van der Waals surface area (Å²) < 4.78 is 35.5. The van der Waals surface area contributed by atoms with Crippen molar-refractivity contribution in [2.75, 3.05) is 39.1 Å². The third-order valence-electron chi connectivity index (χ3n) is 4.40. The number of nitrogens with zero attached hydrogens (tertiary/aromatic N) is 1. The van der Waals surface area contributed by atoms with Crippen LogP contribution in [0, 0.1) is 0 Å². The van der Waals surface area contributed by atoms with E-state index in [-0.39, 0.29) is 49.3 Å². The Morgan fingerprint density at radius 3 is 1.82 bits per heavy atom. The number of rotatable bonds is 19. The van der Waals surface area contributed by atoms with Crippen LogP contribution in [0.25, 0.3) is 0 Å². The fourth-order valence-corrected chi connectivity index (χ4v) is 3.65. The van der Waals surface area contributed by atoms with Gasteiger partial charge < -0.3 is 19.8 Å². The predicted octanol–water partition coefficient (Wildman–Crippen LogP) is 1.82. The first kappa shape index (κ1) is 30.9. The van der Waals surface area contributed by atoms with Gasteiger partial charge in [-0.25, -0.2) is 0 Å². The molecule has 0 saturated heterocycles. The minimum atomic E-state index is -4.20. The first-order chi connectivity index (χ1) is 12.7. The molecule has 3 N–H and O–H groups in total. The molecule has 0 aromatic carbocycles. The van der Waals surface area contributed by atoms with Gasteiger partial charge in [0.1, 0.15) is 5.75 Å². The third-order valence-corrected chi connectivity index (χ3v) is 5.21. The van der Waals surface area contributed by atoms with Crippen molar-refractivity contribution in [3.8, 4) is 0 Å². The van der Waals surface area contributed by atoms with Crippen molar-refractivity contribution in [1.82, 2.24) is 4.90 Å². The summed E-state index contributed by atoms with van der Waals surface area (Å²) in [6.07, 6.45) is 10.8. The molecule has 0 amide bonds. The summed E-state index contributed by atoms with van der Waals surface area (Å²) in [7, 11) is -2.53. The normalized spacial score (nSPS) is 14.1. The molecule has 0 fully saturated rings.